The third kappa shape index (κ3) is 1.56. The fraction of sp³-hybridized carbons (Fsp3) is 0.231. The van der Waals surface area contributed by atoms with Crippen molar-refractivity contribution in [1.29, 1.82) is 0 Å². The SMILES string of the molecule is C=C(Br)C1(C)C(=O)C(=O)N(C)c2c(Cl)cccc21. The molecule has 1 aliphatic heterocycles. The van der Waals surface area contributed by atoms with Gasteiger partial charge in [0.05, 0.1) is 16.1 Å². The summed E-state index contributed by atoms with van der Waals surface area (Å²) in [6, 6.07) is 5.23. The Labute approximate surface area is 119 Å². The van der Waals surface area contributed by atoms with Gasteiger partial charge in [-0.2, -0.15) is 0 Å². The van der Waals surface area contributed by atoms with Crippen LogP contribution in [0.5, 0.6) is 0 Å². The number of Topliss-reactive ketones (excluding diaryl/α,β-unsaturated/α-hetero) is 1. The predicted octanol–water partition coefficient (Wildman–Crippen LogP) is 3.05. The molecule has 0 aliphatic carbocycles. The number of carbonyl (C=O) groups is 2. The van der Waals surface area contributed by atoms with E-state index in [-0.39, 0.29) is 0 Å². The molecule has 0 saturated heterocycles. The monoisotopic (exact) mass is 327 g/mol. The minimum absolute atomic E-state index is 0.441. The Morgan fingerprint density at radius 3 is 2.61 bits per heavy atom. The number of amides is 1. The fourth-order valence-electron chi connectivity index (χ4n) is 2.12. The van der Waals surface area contributed by atoms with Crippen LogP contribution in [0.1, 0.15) is 12.5 Å². The molecule has 94 valence electrons. The maximum absolute atomic E-state index is 12.2. The lowest BCUT2D eigenvalue weighted by atomic mass is 9.74. The molecule has 18 heavy (non-hydrogen) atoms. The molecule has 0 saturated carbocycles. The topological polar surface area (TPSA) is 37.4 Å². The van der Waals surface area contributed by atoms with Gasteiger partial charge in [0, 0.05) is 11.5 Å². The van der Waals surface area contributed by atoms with Gasteiger partial charge in [0.15, 0.2) is 0 Å². The molecule has 1 heterocycles. The molecule has 3 nitrogen and oxygen atoms in total. The average molecular weight is 329 g/mol. The van der Waals surface area contributed by atoms with Crippen LogP contribution < -0.4 is 4.90 Å². The van der Waals surface area contributed by atoms with E-state index in [1.807, 2.05) is 0 Å². The van der Waals surface area contributed by atoms with E-state index in [0.29, 0.717) is 20.8 Å². The van der Waals surface area contributed by atoms with E-state index in [1.165, 1.54) is 4.90 Å². The number of allylic oxidation sites excluding steroid dienone is 1. The van der Waals surface area contributed by atoms with E-state index in [1.54, 1.807) is 32.2 Å². The third-order valence-corrected chi connectivity index (χ3v) is 4.45. The van der Waals surface area contributed by atoms with Crippen molar-refractivity contribution in [2.75, 3.05) is 11.9 Å². The van der Waals surface area contributed by atoms with Crippen molar-refractivity contribution < 1.29 is 9.59 Å². The number of rotatable bonds is 1. The average Bonchev–Trinajstić information content (AvgIpc) is 2.33. The summed E-state index contributed by atoms with van der Waals surface area (Å²) < 4.78 is 0.449. The lowest BCUT2D eigenvalue weighted by Gasteiger charge is -2.37. The molecule has 2 rings (SSSR count). The molecule has 0 N–H and O–H groups in total. The van der Waals surface area contributed by atoms with Crippen molar-refractivity contribution in [2.45, 2.75) is 12.3 Å². The van der Waals surface area contributed by atoms with Crippen molar-refractivity contribution in [2.24, 2.45) is 0 Å². The third-order valence-electron chi connectivity index (χ3n) is 3.36. The number of nitrogens with zero attached hydrogens (tertiary/aromatic N) is 1. The van der Waals surface area contributed by atoms with Crippen molar-refractivity contribution in [1.82, 2.24) is 0 Å². The van der Waals surface area contributed by atoms with Gasteiger partial charge in [0.25, 0.3) is 5.91 Å². The van der Waals surface area contributed by atoms with E-state index < -0.39 is 17.1 Å². The van der Waals surface area contributed by atoms with E-state index in [9.17, 15) is 9.59 Å². The van der Waals surface area contributed by atoms with Gasteiger partial charge in [0.2, 0.25) is 5.78 Å². The summed E-state index contributed by atoms with van der Waals surface area (Å²) >= 11 is 9.38. The number of likely N-dealkylation sites (N-methyl/N-ethyl adjacent to an activating group) is 1. The van der Waals surface area contributed by atoms with Gasteiger partial charge in [-0.3, -0.25) is 9.59 Å². The maximum atomic E-state index is 12.2. The molecule has 1 unspecified atom stereocenters. The van der Waals surface area contributed by atoms with Gasteiger partial charge in [0.1, 0.15) is 0 Å². The van der Waals surface area contributed by atoms with Gasteiger partial charge in [-0.15, -0.1) is 0 Å². The number of benzene rings is 1. The number of ketones is 1. The lowest BCUT2D eigenvalue weighted by Crippen LogP contribution is -2.50. The second-order valence-corrected chi connectivity index (χ2v) is 5.72. The van der Waals surface area contributed by atoms with Crippen LogP contribution in [0.15, 0.2) is 29.3 Å². The minimum atomic E-state index is -1.08. The first-order chi connectivity index (χ1) is 8.31. The first-order valence-electron chi connectivity index (χ1n) is 5.28. The van der Waals surface area contributed by atoms with E-state index in [0.717, 1.165) is 0 Å². The molecular weight excluding hydrogens is 318 g/mol. The summed E-state index contributed by atoms with van der Waals surface area (Å²) in [7, 11) is 1.54. The largest absolute Gasteiger partial charge is 0.307 e. The molecule has 0 fully saturated rings. The van der Waals surface area contributed by atoms with E-state index >= 15 is 0 Å². The zero-order valence-electron chi connectivity index (χ0n) is 9.96. The van der Waals surface area contributed by atoms with Crippen LogP contribution in [0.4, 0.5) is 5.69 Å². The summed E-state index contributed by atoms with van der Waals surface area (Å²) in [6.07, 6.45) is 0. The molecule has 1 aliphatic rings. The molecule has 0 bridgehead atoms. The first-order valence-corrected chi connectivity index (χ1v) is 6.45. The van der Waals surface area contributed by atoms with Crippen LogP contribution in [-0.2, 0) is 15.0 Å². The van der Waals surface area contributed by atoms with E-state index in [4.69, 9.17) is 11.6 Å². The Morgan fingerprint density at radius 1 is 1.44 bits per heavy atom. The summed E-state index contributed by atoms with van der Waals surface area (Å²) in [5.74, 6) is -1.10. The standard InChI is InChI=1S/C13H11BrClNO2/c1-7(14)13(2)8-5-4-6-9(15)10(8)16(3)12(18)11(13)17/h4-6H,1H2,2-3H3. The lowest BCUT2D eigenvalue weighted by molar-refractivity contribution is -0.138. The number of halogens is 2. The Hall–Kier alpha value is -1.13. The zero-order chi connectivity index (χ0) is 13.7. The molecular formula is C13H11BrClNO2. The van der Waals surface area contributed by atoms with Crippen LogP contribution in [0, 0.1) is 0 Å². The number of fused-ring (bicyclic) bond motifs is 1. The highest BCUT2D eigenvalue weighted by molar-refractivity contribution is 9.11. The highest BCUT2D eigenvalue weighted by Gasteiger charge is 2.48. The van der Waals surface area contributed by atoms with Crippen LogP contribution in [-0.4, -0.2) is 18.7 Å². The summed E-state index contributed by atoms with van der Waals surface area (Å²) in [5.41, 5.74) is 0.167. The molecule has 1 aromatic carbocycles. The number of carbonyl (C=O) groups excluding carboxylic acids is 2. The van der Waals surface area contributed by atoms with Crippen LogP contribution in [0.2, 0.25) is 5.02 Å². The second kappa shape index (κ2) is 4.21. The van der Waals surface area contributed by atoms with Gasteiger partial charge in [-0.25, -0.2) is 0 Å². The number of anilines is 1. The quantitative estimate of drug-likeness (QED) is 0.743. The summed E-state index contributed by atoms with van der Waals surface area (Å²) in [6.45, 7) is 5.44. The number of hydrogen-bond acceptors (Lipinski definition) is 2. The maximum Gasteiger partial charge on any atom is 0.295 e. The van der Waals surface area contributed by atoms with Crippen molar-refractivity contribution >= 4 is 44.9 Å². The smallest absolute Gasteiger partial charge is 0.295 e. The van der Waals surface area contributed by atoms with Gasteiger partial charge < -0.3 is 4.90 Å². The van der Waals surface area contributed by atoms with Crippen LogP contribution in [0.3, 0.4) is 0 Å². The van der Waals surface area contributed by atoms with Crippen molar-refractivity contribution in [3.63, 3.8) is 0 Å². The van der Waals surface area contributed by atoms with Gasteiger partial charge in [-0.1, -0.05) is 46.2 Å². The molecule has 1 atom stereocenters. The van der Waals surface area contributed by atoms with E-state index in [2.05, 4.69) is 22.5 Å². The fourth-order valence-corrected chi connectivity index (χ4v) is 2.81. The molecule has 1 aromatic rings. The highest BCUT2D eigenvalue weighted by atomic mass is 79.9. The minimum Gasteiger partial charge on any atom is -0.307 e. The number of para-hydroxylation sites is 1. The highest BCUT2D eigenvalue weighted by Crippen LogP contribution is 2.46. The normalized spacial score (nSPS) is 23.0. The first kappa shape index (κ1) is 13.3. The Balaban J connectivity index is 2.85. The molecule has 1 amide bonds. The Morgan fingerprint density at radius 2 is 2.06 bits per heavy atom. The molecule has 0 radical (unpaired) electrons. The van der Waals surface area contributed by atoms with Gasteiger partial charge >= 0.3 is 0 Å². The summed E-state index contributed by atoms with van der Waals surface area (Å²) in [4.78, 5) is 25.6. The van der Waals surface area contributed by atoms with Crippen LogP contribution in [0.25, 0.3) is 0 Å². The van der Waals surface area contributed by atoms with Crippen LogP contribution >= 0.6 is 27.5 Å². The summed E-state index contributed by atoms with van der Waals surface area (Å²) in [5, 5.41) is 0.441. The predicted molar refractivity (Wildman–Crippen MR) is 75.3 cm³/mol. The Kier molecular flexibility index (Phi) is 3.11. The zero-order valence-corrected chi connectivity index (χ0v) is 12.3. The molecule has 0 aromatic heterocycles. The van der Waals surface area contributed by atoms with Crippen molar-refractivity contribution in [3.05, 3.63) is 39.8 Å². The van der Waals surface area contributed by atoms with Gasteiger partial charge in [-0.05, 0) is 18.6 Å². The second-order valence-electron chi connectivity index (χ2n) is 4.36. The molecule has 0 spiro atoms. The van der Waals surface area contributed by atoms with Crippen molar-refractivity contribution in [3.8, 4) is 0 Å². The Bertz CT molecular complexity index is 584. The molecule has 5 heteroatoms. The number of hydrogen-bond donors (Lipinski definition) is 0.